The number of para-hydroxylation sites is 1. The molecule has 118 valence electrons. The van der Waals surface area contributed by atoms with Gasteiger partial charge in [-0.25, -0.2) is 4.98 Å². The number of pyridine rings is 2. The van der Waals surface area contributed by atoms with E-state index in [-0.39, 0.29) is 17.9 Å². The summed E-state index contributed by atoms with van der Waals surface area (Å²) in [5.74, 6) is -0.288. The van der Waals surface area contributed by atoms with Crippen LogP contribution in [0.2, 0.25) is 0 Å². The zero-order valence-corrected chi connectivity index (χ0v) is 13.1. The number of ether oxygens (including phenoxy) is 1. The van der Waals surface area contributed by atoms with Gasteiger partial charge in [0, 0.05) is 10.9 Å². The van der Waals surface area contributed by atoms with E-state index in [1.807, 2.05) is 30.3 Å². The molecular weight excluding hydrogens is 304 g/mol. The number of aromatic nitrogens is 2. The van der Waals surface area contributed by atoms with Crippen molar-refractivity contribution in [1.82, 2.24) is 9.55 Å². The second-order valence-electron chi connectivity index (χ2n) is 6.36. The summed E-state index contributed by atoms with van der Waals surface area (Å²) in [5.41, 5.74) is 4.84. The summed E-state index contributed by atoms with van der Waals surface area (Å²) in [5, 5.41) is 1.06. The van der Waals surface area contributed by atoms with Crippen molar-refractivity contribution < 1.29 is 9.53 Å². The fourth-order valence-electron chi connectivity index (χ4n) is 3.77. The van der Waals surface area contributed by atoms with E-state index in [1.165, 1.54) is 0 Å². The van der Waals surface area contributed by atoms with Gasteiger partial charge in [0.15, 0.2) is 0 Å². The molecule has 0 N–H and O–H groups in total. The molecule has 2 aromatic heterocycles. The maximum Gasteiger partial charge on any atom is 0.310 e. The lowest BCUT2D eigenvalue weighted by molar-refractivity contribution is -0.149. The Hall–Kier alpha value is -2.95. The average molecular weight is 318 g/mol. The predicted octanol–water partition coefficient (Wildman–Crippen LogP) is 2.59. The summed E-state index contributed by atoms with van der Waals surface area (Å²) in [4.78, 5) is 29.4. The van der Waals surface area contributed by atoms with Crippen molar-refractivity contribution >= 4 is 16.9 Å². The SMILES string of the molecule is CC1OC(=O)Cc2cc3n(c(=O)c21)Cc1cc2ccccc2nc1-3. The number of carbonyl (C=O) groups excluding carboxylic acids is 1. The van der Waals surface area contributed by atoms with Crippen molar-refractivity contribution in [2.75, 3.05) is 0 Å². The summed E-state index contributed by atoms with van der Waals surface area (Å²) >= 11 is 0. The largest absolute Gasteiger partial charge is 0.457 e. The van der Waals surface area contributed by atoms with Gasteiger partial charge in [-0.2, -0.15) is 0 Å². The fraction of sp³-hybridized carbons (Fsp3) is 0.211. The molecule has 0 radical (unpaired) electrons. The summed E-state index contributed by atoms with van der Waals surface area (Å²) in [6, 6.07) is 11.9. The van der Waals surface area contributed by atoms with Crippen molar-refractivity contribution in [3.63, 3.8) is 0 Å². The van der Waals surface area contributed by atoms with Gasteiger partial charge in [-0.15, -0.1) is 0 Å². The van der Waals surface area contributed by atoms with Crippen molar-refractivity contribution in [2.24, 2.45) is 0 Å². The Morgan fingerprint density at radius 2 is 2.00 bits per heavy atom. The van der Waals surface area contributed by atoms with Crippen LogP contribution in [0.25, 0.3) is 22.3 Å². The molecule has 0 fully saturated rings. The summed E-state index contributed by atoms with van der Waals surface area (Å²) in [6.45, 7) is 2.26. The lowest BCUT2D eigenvalue weighted by atomic mass is 9.98. The van der Waals surface area contributed by atoms with E-state index < -0.39 is 6.10 Å². The molecule has 0 amide bonds. The van der Waals surface area contributed by atoms with Crippen LogP contribution >= 0.6 is 0 Å². The molecule has 5 heteroatoms. The van der Waals surface area contributed by atoms with Gasteiger partial charge in [-0.3, -0.25) is 9.59 Å². The maximum absolute atomic E-state index is 12.9. The molecule has 0 saturated carbocycles. The van der Waals surface area contributed by atoms with Gasteiger partial charge < -0.3 is 9.30 Å². The number of rotatable bonds is 0. The first-order chi connectivity index (χ1) is 11.6. The van der Waals surface area contributed by atoms with Gasteiger partial charge in [-0.05, 0) is 30.7 Å². The molecule has 1 atom stereocenters. The van der Waals surface area contributed by atoms with Crippen LogP contribution in [0.5, 0.6) is 0 Å². The number of fused-ring (bicyclic) bond motifs is 5. The van der Waals surface area contributed by atoms with E-state index in [0.717, 1.165) is 33.4 Å². The number of esters is 1. The third-order valence-electron chi connectivity index (χ3n) is 4.85. The Balaban J connectivity index is 1.80. The molecule has 1 aromatic carbocycles. The van der Waals surface area contributed by atoms with Gasteiger partial charge in [0.1, 0.15) is 6.10 Å². The fourth-order valence-corrected chi connectivity index (χ4v) is 3.77. The maximum atomic E-state index is 12.9. The minimum Gasteiger partial charge on any atom is -0.457 e. The molecule has 0 spiro atoms. The Morgan fingerprint density at radius 3 is 2.88 bits per heavy atom. The van der Waals surface area contributed by atoms with E-state index in [9.17, 15) is 9.59 Å². The summed E-state index contributed by atoms with van der Waals surface area (Å²) < 4.78 is 6.97. The minimum absolute atomic E-state index is 0.0791. The third kappa shape index (κ3) is 1.72. The van der Waals surface area contributed by atoms with Gasteiger partial charge in [0.05, 0.1) is 35.4 Å². The number of hydrogen-bond donors (Lipinski definition) is 0. The van der Waals surface area contributed by atoms with Crippen LogP contribution in [0.1, 0.15) is 29.7 Å². The Labute approximate surface area is 137 Å². The summed E-state index contributed by atoms with van der Waals surface area (Å²) in [6.07, 6.45) is -0.353. The van der Waals surface area contributed by atoms with Crippen LogP contribution in [0.3, 0.4) is 0 Å². The first-order valence-corrected chi connectivity index (χ1v) is 7.97. The lowest BCUT2D eigenvalue weighted by Gasteiger charge is -2.23. The van der Waals surface area contributed by atoms with Crippen LogP contribution in [0.4, 0.5) is 0 Å². The number of nitrogens with zero attached hydrogens (tertiary/aromatic N) is 2. The van der Waals surface area contributed by atoms with Crippen LogP contribution in [0.15, 0.2) is 41.2 Å². The highest BCUT2D eigenvalue weighted by Gasteiger charge is 2.31. The van der Waals surface area contributed by atoms with Crippen LogP contribution in [-0.4, -0.2) is 15.5 Å². The second-order valence-corrected chi connectivity index (χ2v) is 6.36. The Morgan fingerprint density at radius 1 is 1.17 bits per heavy atom. The standard InChI is InChI=1S/C19H14N2O3/c1-10-17-12(8-16(22)24-10)7-15-18-13(9-21(15)19(17)23)6-11-4-2-3-5-14(11)20-18/h2-7,10H,8-9H2,1H3. The van der Waals surface area contributed by atoms with Crippen LogP contribution in [0, 0.1) is 0 Å². The molecule has 2 aliphatic heterocycles. The molecule has 24 heavy (non-hydrogen) atoms. The van der Waals surface area contributed by atoms with Gasteiger partial charge in [-0.1, -0.05) is 18.2 Å². The van der Waals surface area contributed by atoms with Gasteiger partial charge >= 0.3 is 5.97 Å². The van der Waals surface area contributed by atoms with Crippen molar-refractivity contribution in [2.45, 2.75) is 26.0 Å². The Bertz CT molecular complexity index is 1100. The van der Waals surface area contributed by atoms with Gasteiger partial charge in [0.25, 0.3) is 5.56 Å². The molecule has 1 unspecified atom stereocenters. The number of benzene rings is 1. The average Bonchev–Trinajstić information content (AvgIpc) is 2.90. The van der Waals surface area contributed by atoms with E-state index in [0.29, 0.717) is 12.1 Å². The zero-order chi connectivity index (χ0) is 16.4. The molecule has 2 aliphatic rings. The topological polar surface area (TPSA) is 61.2 Å². The van der Waals surface area contributed by atoms with Crippen molar-refractivity contribution in [3.05, 3.63) is 63.4 Å². The highest BCUT2D eigenvalue weighted by Crippen LogP contribution is 2.34. The molecule has 0 bridgehead atoms. The third-order valence-corrected chi connectivity index (χ3v) is 4.85. The highest BCUT2D eigenvalue weighted by atomic mass is 16.5. The number of hydrogen-bond acceptors (Lipinski definition) is 4. The van der Waals surface area contributed by atoms with E-state index >= 15 is 0 Å². The van der Waals surface area contributed by atoms with Crippen LogP contribution < -0.4 is 5.56 Å². The zero-order valence-electron chi connectivity index (χ0n) is 13.1. The van der Waals surface area contributed by atoms with E-state index in [4.69, 9.17) is 9.72 Å². The van der Waals surface area contributed by atoms with Crippen molar-refractivity contribution in [1.29, 1.82) is 0 Å². The second kappa shape index (κ2) is 4.54. The monoisotopic (exact) mass is 318 g/mol. The molecule has 0 aliphatic carbocycles. The minimum atomic E-state index is -0.498. The number of carbonyl (C=O) groups is 1. The van der Waals surface area contributed by atoms with Gasteiger partial charge in [0.2, 0.25) is 0 Å². The van der Waals surface area contributed by atoms with E-state index in [2.05, 4.69) is 6.07 Å². The molecule has 5 nitrogen and oxygen atoms in total. The molecule has 5 rings (SSSR count). The van der Waals surface area contributed by atoms with Crippen LogP contribution in [-0.2, 0) is 22.5 Å². The molecule has 0 saturated heterocycles. The normalized spacial score (nSPS) is 18.0. The first kappa shape index (κ1) is 13.5. The Kier molecular flexibility index (Phi) is 2.55. The highest BCUT2D eigenvalue weighted by molar-refractivity contribution is 5.84. The first-order valence-electron chi connectivity index (χ1n) is 7.97. The predicted molar refractivity (Wildman–Crippen MR) is 88.8 cm³/mol. The van der Waals surface area contributed by atoms with E-state index in [1.54, 1.807) is 11.5 Å². The van der Waals surface area contributed by atoms with Crippen molar-refractivity contribution in [3.8, 4) is 11.4 Å². The lowest BCUT2D eigenvalue weighted by Crippen LogP contribution is -2.31. The molecular formula is C19H14N2O3. The molecule has 4 heterocycles. The summed E-state index contributed by atoms with van der Waals surface area (Å²) in [7, 11) is 0. The number of cyclic esters (lactones) is 1. The molecule has 3 aromatic rings. The quantitative estimate of drug-likeness (QED) is 0.468. The smallest absolute Gasteiger partial charge is 0.310 e.